The highest BCUT2D eigenvalue weighted by atomic mass is 35.5. The first-order chi connectivity index (χ1) is 8.85. The molecule has 19 heavy (non-hydrogen) atoms. The van der Waals surface area contributed by atoms with Crippen LogP contribution < -0.4 is 10.9 Å². The number of hydrogen-bond donors (Lipinski definition) is 1. The Morgan fingerprint density at radius 1 is 1.47 bits per heavy atom. The molecule has 1 N–H and O–H groups in total. The van der Waals surface area contributed by atoms with Crippen molar-refractivity contribution in [2.75, 3.05) is 0 Å². The second-order valence-corrected chi connectivity index (χ2v) is 5.28. The molecule has 1 rings (SSSR count). The zero-order chi connectivity index (χ0) is 14.6. The summed E-state index contributed by atoms with van der Waals surface area (Å²) in [6.07, 6.45) is 0.844. The molecule has 1 atom stereocenters. The lowest BCUT2D eigenvalue weighted by atomic mass is 10.2. The van der Waals surface area contributed by atoms with Gasteiger partial charge in [-0.05, 0) is 13.3 Å². The molecular weight excluding hydrogens is 266 g/mol. The highest BCUT2D eigenvalue weighted by Crippen LogP contribution is 2.12. The third kappa shape index (κ3) is 4.35. The van der Waals surface area contributed by atoms with Crippen molar-refractivity contribution < 1.29 is 4.79 Å². The van der Waals surface area contributed by atoms with Crippen LogP contribution in [0.5, 0.6) is 0 Å². The zero-order valence-electron chi connectivity index (χ0n) is 11.7. The molecule has 0 saturated heterocycles. The fourth-order valence-corrected chi connectivity index (χ4v) is 1.84. The van der Waals surface area contributed by atoms with E-state index >= 15 is 0 Å². The molecule has 0 bridgehead atoms. The van der Waals surface area contributed by atoms with Crippen LogP contribution in [0.3, 0.4) is 0 Å². The first-order valence-corrected chi connectivity index (χ1v) is 6.79. The number of aromatic nitrogens is 2. The molecule has 1 aromatic heterocycles. The average Bonchev–Trinajstić information content (AvgIpc) is 2.31. The summed E-state index contributed by atoms with van der Waals surface area (Å²) in [7, 11) is 0. The Morgan fingerprint density at radius 3 is 2.63 bits per heavy atom. The van der Waals surface area contributed by atoms with Gasteiger partial charge >= 0.3 is 0 Å². The molecule has 1 heterocycles. The maximum absolute atomic E-state index is 11.9. The van der Waals surface area contributed by atoms with Crippen molar-refractivity contribution in [3.8, 4) is 0 Å². The van der Waals surface area contributed by atoms with Gasteiger partial charge in [0, 0.05) is 18.0 Å². The van der Waals surface area contributed by atoms with Gasteiger partial charge in [0.15, 0.2) is 0 Å². The first-order valence-electron chi connectivity index (χ1n) is 6.41. The lowest BCUT2D eigenvalue weighted by Gasteiger charge is -2.16. The van der Waals surface area contributed by atoms with Crippen LogP contribution in [0.1, 0.15) is 45.9 Å². The van der Waals surface area contributed by atoms with E-state index in [1.165, 1.54) is 10.6 Å². The monoisotopic (exact) mass is 285 g/mol. The Kier molecular flexibility index (Phi) is 5.54. The van der Waals surface area contributed by atoms with Crippen molar-refractivity contribution in [1.82, 2.24) is 14.9 Å². The van der Waals surface area contributed by atoms with Gasteiger partial charge in [-0.25, -0.2) is 4.98 Å². The van der Waals surface area contributed by atoms with Gasteiger partial charge in [0.05, 0.1) is 0 Å². The minimum atomic E-state index is -0.303. The Balaban J connectivity index is 3.00. The number of amides is 1. The molecule has 0 aliphatic heterocycles. The number of halogens is 1. The summed E-state index contributed by atoms with van der Waals surface area (Å²) in [5.74, 6) is 0.349. The predicted molar refractivity (Wildman–Crippen MR) is 75.5 cm³/mol. The minimum Gasteiger partial charge on any atom is -0.352 e. The topological polar surface area (TPSA) is 64.0 Å². The second kappa shape index (κ2) is 6.70. The van der Waals surface area contributed by atoms with E-state index in [9.17, 15) is 9.59 Å². The van der Waals surface area contributed by atoms with Gasteiger partial charge in [-0.15, -0.1) is 0 Å². The minimum absolute atomic E-state index is 0.0165. The van der Waals surface area contributed by atoms with Gasteiger partial charge < -0.3 is 5.32 Å². The fraction of sp³-hybridized carbons (Fsp3) is 0.615. The van der Waals surface area contributed by atoms with E-state index < -0.39 is 0 Å². The van der Waals surface area contributed by atoms with Crippen LogP contribution in [0.15, 0.2) is 10.9 Å². The zero-order valence-corrected chi connectivity index (χ0v) is 12.5. The van der Waals surface area contributed by atoms with Crippen LogP contribution in [0, 0.1) is 0 Å². The Morgan fingerprint density at radius 2 is 2.11 bits per heavy atom. The van der Waals surface area contributed by atoms with Crippen LogP contribution in [-0.2, 0) is 11.3 Å². The molecule has 0 fully saturated rings. The predicted octanol–water partition coefficient (Wildman–Crippen LogP) is 1.93. The molecule has 1 unspecified atom stereocenters. The van der Waals surface area contributed by atoms with Crippen LogP contribution in [-0.4, -0.2) is 21.5 Å². The van der Waals surface area contributed by atoms with E-state index in [0.29, 0.717) is 5.82 Å². The van der Waals surface area contributed by atoms with Crippen molar-refractivity contribution in [2.45, 2.75) is 52.6 Å². The van der Waals surface area contributed by atoms with Crippen LogP contribution in [0.2, 0.25) is 5.15 Å². The van der Waals surface area contributed by atoms with E-state index in [1.54, 1.807) is 0 Å². The summed E-state index contributed by atoms with van der Waals surface area (Å²) >= 11 is 5.78. The molecule has 0 spiro atoms. The van der Waals surface area contributed by atoms with E-state index in [0.717, 1.165) is 6.42 Å². The smallest absolute Gasteiger partial charge is 0.255 e. The molecule has 6 heteroatoms. The van der Waals surface area contributed by atoms with Crippen molar-refractivity contribution in [2.24, 2.45) is 0 Å². The molecule has 1 amide bonds. The molecule has 106 valence electrons. The summed E-state index contributed by atoms with van der Waals surface area (Å²) < 4.78 is 1.37. The average molecular weight is 286 g/mol. The standard InChI is InChI=1S/C13H20ClN3O2/c1-5-9(4)15-11(18)7-17-12(19)6-10(14)16-13(17)8(2)3/h6,8-9H,5,7H2,1-4H3,(H,15,18). The number of nitrogens with zero attached hydrogens (tertiary/aromatic N) is 2. The Labute approximate surface area is 118 Å². The number of nitrogens with one attached hydrogen (secondary N) is 1. The Bertz CT molecular complexity index is 511. The van der Waals surface area contributed by atoms with Gasteiger partial charge in [-0.1, -0.05) is 32.4 Å². The van der Waals surface area contributed by atoms with Crippen LogP contribution >= 0.6 is 11.6 Å². The largest absolute Gasteiger partial charge is 0.352 e. The fourth-order valence-electron chi connectivity index (χ4n) is 1.66. The summed E-state index contributed by atoms with van der Waals surface area (Å²) in [5, 5.41) is 2.99. The Hall–Kier alpha value is -1.36. The number of carbonyl (C=O) groups excluding carboxylic acids is 1. The van der Waals surface area contributed by atoms with Gasteiger partial charge in [-0.3, -0.25) is 14.2 Å². The van der Waals surface area contributed by atoms with E-state index in [4.69, 9.17) is 11.6 Å². The molecule has 1 aromatic rings. The highest BCUT2D eigenvalue weighted by molar-refractivity contribution is 6.29. The third-order valence-corrected chi connectivity index (χ3v) is 3.04. The highest BCUT2D eigenvalue weighted by Gasteiger charge is 2.15. The van der Waals surface area contributed by atoms with Crippen molar-refractivity contribution in [1.29, 1.82) is 0 Å². The van der Waals surface area contributed by atoms with Gasteiger partial charge in [0.1, 0.15) is 17.5 Å². The van der Waals surface area contributed by atoms with Crippen molar-refractivity contribution in [3.05, 3.63) is 27.4 Å². The summed E-state index contributed by atoms with van der Waals surface area (Å²) in [4.78, 5) is 27.9. The SMILES string of the molecule is CCC(C)NC(=O)Cn1c(C(C)C)nc(Cl)cc1=O. The van der Waals surface area contributed by atoms with E-state index in [2.05, 4.69) is 10.3 Å². The van der Waals surface area contributed by atoms with Gasteiger partial charge in [0.2, 0.25) is 5.91 Å². The van der Waals surface area contributed by atoms with E-state index in [-0.39, 0.29) is 35.1 Å². The lowest BCUT2D eigenvalue weighted by Crippen LogP contribution is -2.38. The number of rotatable bonds is 5. The first kappa shape index (κ1) is 15.7. The second-order valence-electron chi connectivity index (χ2n) is 4.89. The summed E-state index contributed by atoms with van der Waals surface area (Å²) in [6, 6.07) is 1.32. The van der Waals surface area contributed by atoms with E-state index in [1.807, 2.05) is 27.7 Å². The maximum Gasteiger partial charge on any atom is 0.255 e. The van der Waals surface area contributed by atoms with Crippen LogP contribution in [0.4, 0.5) is 0 Å². The third-order valence-electron chi connectivity index (χ3n) is 2.84. The molecule has 0 saturated carbocycles. The van der Waals surface area contributed by atoms with Crippen molar-refractivity contribution >= 4 is 17.5 Å². The molecule has 0 aromatic carbocycles. The molecule has 0 aliphatic carbocycles. The molecular formula is C13H20ClN3O2. The van der Waals surface area contributed by atoms with Gasteiger partial charge in [-0.2, -0.15) is 0 Å². The summed E-state index contributed by atoms with van der Waals surface area (Å²) in [5.41, 5.74) is -0.303. The normalized spacial score (nSPS) is 12.5. The van der Waals surface area contributed by atoms with Crippen molar-refractivity contribution in [3.63, 3.8) is 0 Å². The summed E-state index contributed by atoms with van der Waals surface area (Å²) in [6.45, 7) is 7.69. The molecule has 5 nitrogen and oxygen atoms in total. The number of carbonyl (C=O) groups is 1. The maximum atomic E-state index is 11.9. The van der Waals surface area contributed by atoms with Crippen LogP contribution in [0.25, 0.3) is 0 Å². The quantitative estimate of drug-likeness (QED) is 0.841. The molecule has 0 radical (unpaired) electrons. The van der Waals surface area contributed by atoms with Gasteiger partial charge in [0.25, 0.3) is 5.56 Å². The number of hydrogen-bond acceptors (Lipinski definition) is 3. The lowest BCUT2D eigenvalue weighted by molar-refractivity contribution is -0.122. The molecule has 0 aliphatic rings.